The van der Waals surface area contributed by atoms with Crippen LogP contribution >= 0.6 is 0 Å². The van der Waals surface area contributed by atoms with Crippen molar-refractivity contribution in [3.8, 4) is 5.75 Å². The maximum Gasteiger partial charge on any atom is 0.150 e. The van der Waals surface area contributed by atoms with Crippen molar-refractivity contribution in [2.75, 3.05) is 18.1 Å². The number of hydrogen-bond donors (Lipinski definition) is 1. The SMILES string of the molecule is CCNC1CC2(CCS(=O)(=O)CC2)Oc2ccc(F)cc21. The van der Waals surface area contributed by atoms with Crippen molar-refractivity contribution in [2.45, 2.75) is 37.8 Å². The zero-order chi connectivity index (χ0) is 15.1. The lowest BCUT2D eigenvalue weighted by atomic mass is 9.83. The Morgan fingerprint density at radius 2 is 2.10 bits per heavy atom. The third-order valence-corrected chi connectivity index (χ3v) is 6.09. The monoisotopic (exact) mass is 313 g/mol. The van der Waals surface area contributed by atoms with E-state index in [2.05, 4.69) is 5.32 Å². The van der Waals surface area contributed by atoms with Crippen LogP contribution in [-0.2, 0) is 9.84 Å². The molecule has 1 unspecified atom stereocenters. The highest BCUT2D eigenvalue weighted by Gasteiger charge is 2.44. The molecule has 0 amide bonds. The van der Waals surface area contributed by atoms with E-state index in [4.69, 9.17) is 4.74 Å². The van der Waals surface area contributed by atoms with Gasteiger partial charge in [-0.2, -0.15) is 0 Å². The van der Waals surface area contributed by atoms with Gasteiger partial charge in [0.15, 0.2) is 9.84 Å². The minimum Gasteiger partial charge on any atom is -0.487 e. The maximum atomic E-state index is 13.5. The Morgan fingerprint density at radius 1 is 1.38 bits per heavy atom. The van der Waals surface area contributed by atoms with Gasteiger partial charge < -0.3 is 10.1 Å². The van der Waals surface area contributed by atoms with Gasteiger partial charge in [0.05, 0.1) is 11.5 Å². The molecule has 116 valence electrons. The van der Waals surface area contributed by atoms with Crippen molar-refractivity contribution < 1.29 is 17.5 Å². The van der Waals surface area contributed by atoms with Crippen LogP contribution in [0.2, 0.25) is 0 Å². The van der Waals surface area contributed by atoms with Crippen LogP contribution in [0, 0.1) is 5.82 Å². The summed E-state index contributed by atoms with van der Waals surface area (Å²) in [5.74, 6) is 0.736. The highest BCUT2D eigenvalue weighted by molar-refractivity contribution is 7.91. The molecule has 0 aliphatic carbocycles. The van der Waals surface area contributed by atoms with Gasteiger partial charge in [0.2, 0.25) is 0 Å². The minimum atomic E-state index is -2.93. The van der Waals surface area contributed by atoms with Gasteiger partial charge in [-0.1, -0.05) is 6.92 Å². The molecule has 1 spiro atoms. The summed E-state index contributed by atoms with van der Waals surface area (Å²) in [7, 11) is -2.93. The fourth-order valence-electron chi connectivity index (χ4n) is 3.29. The van der Waals surface area contributed by atoms with E-state index in [1.165, 1.54) is 12.1 Å². The minimum absolute atomic E-state index is 0.00949. The van der Waals surface area contributed by atoms with E-state index in [1.807, 2.05) is 6.92 Å². The quantitative estimate of drug-likeness (QED) is 0.909. The molecule has 2 aliphatic rings. The van der Waals surface area contributed by atoms with E-state index in [1.54, 1.807) is 6.07 Å². The second kappa shape index (κ2) is 5.25. The van der Waals surface area contributed by atoms with Crippen molar-refractivity contribution in [2.24, 2.45) is 0 Å². The van der Waals surface area contributed by atoms with Gasteiger partial charge in [-0.05, 0) is 24.7 Å². The van der Waals surface area contributed by atoms with Gasteiger partial charge in [0, 0.05) is 30.9 Å². The van der Waals surface area contributed by atoms with E-state index in [0.29, 0.717) is 25.0 Å². The van der Waals surface area contributed by atoms with E-state index >= 15 is 0 Å². The summed E-state index contributed by atoms with van der Waals surface area (Å²) in [5, 5.41) is 3.36. The molecule has 1 atom stereocenters. The first-order chi connectivity index (χ1) is 9.93. The molecule has 1 aromatic rings. The Bertz CT molecular complexity index is 630. The van der Waals surface area contributed by atoms with Crippen LogP contribution in [0.4, 0.5) is 4.39 Å². The first-order valence-corrected chi connectivity index (χ1v) is 9.17. The molecule has 3 rings (SSSR count). The Hall–Kier alpha value is -1.14. The molecule has 4 nitrogen and oxygen atoms in total. The lowest BCUT2D eigenvalue weighted by Crippen LogP contribution is -2.49. The number of nitrogens with one attached hydrogen (secondary N) is 1. The number of hydrogen-bond acceptors (Lipinski definition) is 4. The second-order valence-electron chi connectivity index (χ2n) is 5.93. The number of benzene rings is 1. The molecule has 0 saturated carbocycles. The van der Waals surface area contributed by atoms with Crippen molar-refractivity contribution in [3.05, 3.63) is 29.6 Å². The maximum absolute atomic E-state index is 13.5. The Labute approximate surface area is 124 Å². The summed E-state index contributed by atoms with van der Waals surface area (Å²) in [4.78, 5) is 0. The lowest BCUT2D eigenvalue weighted by Gasteiger charge is -2.44. The van der Waals surface area contributed by atoms with Gasteiger partial charge in [-0.15, -0.1) is 0 Å². The van der Waals surface area contributed by atoms with Crippen LogP contribution in [0.1, 0.15) is 37.8 Å². The Morgan fingerprint density at radius 3 is 2.76 bits per heavy atom. The molecule has 0 aromatic heterocycles. The number of ether oxygens (including phenoxy) is 1. The number of halogens is 1. The van der Waals surface area contributed by atoms with E-state index < -0.39 is 15.4 Å². The summed E-state index contributed by atoms with van der Waals surface area (Å²) < 4.78 is 42.9. The van der Waals surface area contributed by atoms with Crippen LogP contribution in [0.25, 0.3) is 0 Å². The summed E-state index contributed by atoms with van der Waals surface area (Å²) in [6.07, 6.45) is 1.70. The Balaban J connectivity index is 1.92. The molecule has 0 bridgehead atoms. The van der Waals surface area contributed by atoms with Crippen LogP contribution in [0.15, 0.2) is 18.2 Å². The molecular formula is C15H20FNO3S. The molecule has 2 aliphatic heterocycles. The van der Waals surface area contributed by atoms with Gasteiger partial charge in [0.25, 0.3) is 0 Å². The highest BCUT2D eigenvalue weighted by Crippen LogP contribution is 2.44. The zero-order valence-electron chi connectivity index (χ0n) is 12.1. The molecule has 1 N–H and O–H groups in total. The van der Waals surface area contributed by atoms with Gasteiger partial charge in [0.1, 0.15) is 17.2 Å². The number of fused-ring (bicyclic) bond motifs is 1. The summed E-state index contributed by atoms with van der Waals surface area (Å²) in [5.41, 5.74) is 0.388. The molecule has 6 heteroatoms. The molecule has 21 heavy (non-hydrogen) atoms. The smallest absolute Gasteiger partial charge is 0.150 e. The fourth-order valence-corrected chi connectivity index (χ4v) is 4.86. The van der Waals surface area contributed by atoms with Crippen molar-refractivity contribution >= 4 is 9.84 Å². The number of sulfone groups is 1. The van der Waals surface area contributed by atoms with E-state index in [9.17, 15) is 12.8 Å². The third kappa shape index (κ3) is 2.92. The van der Waals surface area contributed by atoms with E-state index in [0.717, 1.165) is 12.1 Å². The first-order valence-electron chi connectivity index (χ1n) is 7.35. The van der Waals surface area contributed by atoms with Crippen molar-refractivity contribution in [3.63, 3.8) is 0 Å². The van der Waals surface area contributed by atoms with Crippen molar-refractivity contribution in [1.82, 2.24) is 5.32 Å². The average molecular weight is 313 g/mol. The van der Waals surface area contributed by atoms with Crippen LogP contribution < -0.4 is 10.1 Å². The molecule has 2 heterocycles. The fraction of sp³-hybridized carbons (Fsp3) is 0.600. The van der Waals surface area contributed by atoms with Gasteiger partial charge in [-0.3, -0.25) is 0 Å². The van der Waals surface area contributed by atoms with Crippen molar-refractivity contribution in [1.29, 1.82) is 0 Å². The summed E-state index contributed by atoms with van der Waals surface area (Å²) >= 11 is 0. The lowest BCUT2D eigenvalue weighted by molar-refractivity contribution is 0.0211. The summed E-state index contributed by atoms with van der Waals surface area (Å²) in [6, 6.07) is 4.56. The van der Waals surface area contributed by atoms with Gasteiger partial charge in [-0.25, -0.2) is 12.8 Å². The Kier molecular flexibility index (Phi) is 3.69. The standard InChI is InChI=1S/C15H20FNO3S/c1-2-17-13-10-15(5-7-21(18,19)8-6-15)20-14-4-3-11(16)9-12(13)14/h3-4,9,13,17H,2,5-8,10H2,1H3. The zero-order valence-corrected chi connectivity index (χ0v) is 12.9. The molecular weight excluding hydrogens is 293 g/mol. The third-order valence-electron chi connectivity index (χ3n) is 4.44. The molecule has 0 radical (unpaired) electrons. The highest BCUT2D eigenvalue weighted by atomic mass is 32.2. The largest absolute Gasteiger partial charge is 0.487 e. The molecule has 1 fully saturated rings. The predicted octanol–water partition coefficient (Wildman–Crippen LogP) is 2.21. The van der Waals surface area contributed by atoms with E-state index in [-0.39, 0.29) is 23.4 Å². The second-order valence-corrected chi connectivity index (χ2v) is 8.24. The van der Waals surface area contributed by atoms with Crippen LogP contribution in [-0.4, -0.2) is 32.1 Å². The van der Waals surface area contributed by atoms with Crippen LogP contribution in [0.3, 0.4) is 0 Å². The normalized spacial score (nSPS) is 26.1. The first kappa shape index (κ1) is 14.8. The average Bonchev–Trinajstić information content (AvgIpc) is 2.44. The van der Waals surface area contributed by atoms with Gasteiger partial charge >= 0.3 is 0 Å². The predicted molar refractivity (Wildman–Crippen MR) is 78.7 cm³/mol. The van der Waals surface area contributed by atoms with Crippen LogP contribution in [0.5, 0.6) is 5.75 Å². The molecule has 1 saturated heterocycles. The topological polar surface area (TPSA) is 55.4 Å². The number of rotatable bonds is 2. The summed E-state index contributed by atoms with van der Waals surface area (Å²) in [6.45, 7) is 2.78. The molecule has 1 aromatic carbocycles.